The van der Waals surface area contributed by atoms with E-state index in [9.17, 15) is 14.0 Å². The first-order valence-electron chi connectivity index (χ1n) is 6.26. The Morgan fingerprint density at radius 1 is 1.05 bits per heavy atom. The maximum Gasteiger partial charge on any atom is 0.286 e. The van der Waals surface area contributed by atoms with Crippen molar-refractivity contribution in [3.63, 3.8) is 0 Å². The van der Waals surface area contributed by atoms with E-state index in [1.807, 2.05) is 0 Å². The molecule has 0 spiro atoms. The molecular weight excluding hydrogens is 355 g/mol. The number of benzene rings is 1. The SMILES string of the molecule is O=C(NNC(=O)c1cc2cc(F)ccc2[nH]1)c1cc(Br)c[nH]1. The highest BCUT2D eigenvalue weighted by Crippen LogP contribution is 2.16. The van der Waals surface area contributed by atoms with Crippen molar-refractivity contribution < 1.29 is 14.0 Å². The summed E-state index contributed by atoms with van der Waals surface area (Å²) in [5.41, 5.74) is 5.71. The van der Waals surface area contributed by atoms with E-state index in [-0.39, 0.29) is 11.5 Å². The van der Waals surface area contributed by atoms with Crippen LogP contribution < -0.4 is 10.9 Å². The van der Waals surface area contributed by atoms with E-state index in [1.165, 1.54) is 24.3 Å². The fourth-order valence-corrected chi connectivity index (χ4v) is 2.32. The quantitative estimate of drug-likeness (QED) is 0.526. The minimum atomic E-state index is -0.532. The highest BCUT2D eigenvalue weighted by molar-refractivity contribution is 9.10. The van der Waals surface area contributed by atoms with E-state index >= 15 is 0 Å². The molecule has 112 valence electrons. The van der Waals surface area contributed by atoms with Crippen LogP contribution >= 0.6 is 15.9 Å². The molecule has 0 aliphatic heterocycles. The maximum atomic E-state index is 13.1. The zero-order chi connectivity index (χ0) is 15.7. The Kier molecular flexibility index (Phi) is 3.68. The number of hydrogen-bond donors (Lipinski definition) is 4. The Hall–Kier alpha value is -2.61. The van der Waals surface area contributed by atoms with Crippen molar-refractivity contribution >= 4 is 38.6 Å². The van der Waals surface area contributed by atoms with Gasteiger partial charge in [0, 0.05) is 21.6 Å². The molecule has 0 aliphatic rings. The first kappa shape index (κ1) is 14.3. The second-order valence-electron chi connectivity index (χ2n) is 4.55. The molecule has 3 aromatic rings. The third-order valence-corrected chi connectivity index (χ3v) is 3.47. The summed E-state index contributed by atoms with van der Waals surface area (Å²) in [5.74, 6) is -1.40. The first-order valence-corrected chi connectivity index (χ1v) is 7.05. The summed E-state index contributed by atoms with van der Waals surface area (Å²) >= 11 is 3.21. The largest absolute Gasteiger partial charge is 0.356 e. The molecule has 1 aromatic carbocycles. The first-order chi connectivity index (χ1) is 10.5. The van der Waals surface area contributed by atoms with Gasteiger partial charge in [-0.1, -0.05) is 0 Å². The van der Waals surface area contributed by atoms with Crippen LogP contribution in [0.25, 0.3) is 10.9 Å². The second kappa shape index (κ2) is 5.64. The minimum Gasteiger partial charge on any atom is -0.356 e. The van der Waals surface area contributed by atoms with Crippen LogP contribution in [-0.4, -0.2) is 21.8 Å². The van der Waals surface area contributed by atoms with Gasteiger partial charge < -0.3 is 9.97 Å². The molecule has 0 aliphatic carbocycles. The van der Waals surface area contributed by atoms with E-state index in [2.05, 4.69) is 36.7 Å². The molecule has 0 atom stereocenters. The van der Waals surface area contributed by atoms with E-state index in [1.54, 1.807) is 12.3 Å². The molecule has 2 heterocycles. The summed E-state index contributed by atoms with van der Waals surface area (Å²) in [4.78, 5) is 29.3. The fourth-order valence-electron chi connectivity index (χ4n) is 1.97. The van der Waals surface area contributed by atoms with Gasteiger partial charge in [-0.2, -0.15) is 0 Å². The van der Waals surface area contributed by atoms with Gasteiger partial charge in [-0.15, -0.1) is 0 Å². The fraction of sp³-hybridized carbons (Fsp3) is 0. The highest BCUT2D eigenvalue weighted by Gasteiger charge is 2.12. The van der Waals surface area contributed by atoms with Gasteiger partial charge in [0.2, 0.25) is 0 Å². The molecule has 0 saturated heterocycles. The number of hydrazine groups is 1. The molecule has 0 fully saturated rings. The van der Waals surface area contributed by atoms with Crippen LogP contribution in [0.1, 0.15) is 21.0 Å². The number of carbonyl (C=O) groups excluding carboxylic acids is 2. The molecule has 4 N–H and O–H groups in total. The minimum absolute atomic E-state index is 0.216. The normalized spacial score (nSPS) is 10.6. The average molecular weight is 365 g/mol. The Labute approximate surface area is 132 Å². The summed E-state index contributed by atoms with van der Waals surface area (Å²) in [6, 6.07) is 7.23. The van der Waals surface area contributed by atoms with Crippen LogP contribution in [0, 0.1) is 5.82 Å². The lowest BCUT2D eigenvalue weighted by Crippen LogP contribution is -2.41. The van der Waals surface area contributed by atoms with Crippen LogP contribution in [0.15, 0.2) is 41.0 Å². The van der Waals surface area contributed by atoms with Crippen LogP contribution in [0.5, 0.6) is 0 Å². The molecule has 0 bridgehead atoms. The van der Waals surface area contributed by atoms with Crippen molar-refractivity contribution in [3.8, 4) is 0 Å². The van der Waals surface area contributed by atoms with E-state index < -0.39 is 11.8 Å². The summed E-state index contributed by atoms with van der Waals surface area (Å²) in [7, 11) is 0. The number of halogens is 2. The molecule has 6 nitrogen and oxygen atoms in total. The molecule has 0 saturated carbocycles. The Bertz CT molecular complexity index is 871. The van der Waals surface area contributed by atoms with Crippen LogP contribution in [0.2, 0.25) is 0 Å². The number of amides is 2. The Morgan fingerprint density at radius 2 is 1.77 bits per heavy atom. The maximum absolute atomic E-state index is 13.1. The molecule has 8 heteroatoms. The molecule has 22 heavy (non-hydrogen) atoms. The zero-order valence-electron chi connectivity index (χ0n) is 11.0. The van der Waals surface area contributed by atoms with Gasteiger partial charge in [-0.25, -0.2) is 4.39 Å². The van der Waals surface area contributed by atoms with Crippen molar-refractivity contribution in [3.05, 3.63) is 58.2 Å². The number of fused-ring (bicyclic) bond motifs is 1. The van der Waals surface area contributed by atoms with Crippen LogP contribution in [-0.2, 0) is 0 Å². The number of rotatable bonds is 2. The van der Waals surface area contributed by atoms with Gasteiger partial charge in [0.05, 0.1) is 0 Å². The number of hydrogen-bond acceptors (Lipinski definition) is 2. The zero-order valence-corrected chi connectivity index (χ0v) is 12.6. The van der Waals surface area contributed by atoms with E-state index in [0.717, 1.165) is 4.47 Å². The predicted octanol–water partition coefficient (Wildman–Crippen LogP) is 2.47. The van der Waals surface area contributed by atoms with Gasteiger partial charge in [-0.05, 0) is 46.3 Å². The number of carbonyl (C=O) groups is 2. The standard InChI is InChI=1S/C14H10BrFN4O2/c15-8-5-11(17-6-8)13(21)19-20-14(22)12-4-7-3-9(16)1-2-10(7)18-12/h1-6,17-18H,(H,19,21)(H,20,22). The lowest BCUT2D eigenvalue weighted by atomic mass is 10.2. The topological polar surface area (TPSA) is 89.8 Å². The lowest BCUT2D eigenvalue weighted by Gasteiger charge is -2.04. The number of aromatic amines is 2. The van der Waals surface area contributed by atoms with Crippen molar-refractivity contribution in [2.45, 2.75) is 0 Å². The van der Waals surface area contributed by atoms with Gasteiger partial charge in [-0.3, -0.25) is 20.4 Å². The van der Waals surface area contributed by atoms with Crippen LogP contribution in [0.4, 0.5) is 4.39 Å². The predicted molar refractivity (Wildman–Crippen MR) is 81.7 cm³/mol. The number of aromatic nitrogens is 2. The highest BCUT2D eigenvalue weighted by atomic mass is 79.9. The second-order valence-corrected chi connectivity index (χ2v) is 5.47. The Morgan fingerprint density at radius 3 is 2.45 bits per heavy atom. The van der Waals surface area contributed by atoms with Crippen LogP contribution in [0.3, 0.4) is 0 Å². The number of H-pyrrole nitrogens is 2. The smallest absolute Gasteiger partial charge is 0.286 e. The van der Waals surface area contributed by atoms with E-state index in [0.29, 0.717) is 16.6 Å². The molecule has 3 rings (SSSR count). The molecular formula is C14H10BrFN4O2. The van der Waals surface area contributed by atoms with Crippen molar-refractivity contribution in [2.24, 2.45) is 0 Å². The monoisotopic (exact) mass is 364 g/mol. The van der Waals surface area contributed by atoms with Crippen molar-refractivity contribution in [1.29, 1.82) is 0 Å². The lowest BCUT2D eigenvalue weighted by molar-refractivity contribution is 0.0842. The molecule has 0 unspecified atom stereocenters. The van der Waals surface area contributed by atoms with E-state index in [4.69, 9.17) is 0 Å². The number of nitrogens with one attached hydrogen (secondary N) is 4. The van der Waals surface area contributed by atoms with Gasteiger partial charge >= 0.3 is 0 Å². The Balaban J connectivity index is 1.69. The van der Waals surface area contributed by atoms with Gasteiger partial charge in [0.1, 0.15) is 17.2 Å². The third-order valence-electron chi connectivity index (χ3n) is 3.01. The molecule has 2 amide bonds. The summed E-state index contributed by atoms with van der Waals surface area (Å²) in [6.07, 6.45) is 1.60. The van der Waals surface area contributed by atoms with Gasteiger partial charge in [0.15, 0.2) is 0 Å². The third kappa shape index (κ3) is 2.86. The summed E-state index contributed by atoms with van der Waals surface area (Å²) in [6.45, 7) is 0. The average Bonchev–Trinajstić information content (AvgIpc) is 3.10. The molecule has 2 aromatic heterocycles. The van der Waals surface area contributed by atoms with Crippen molar-refractivity contribution in [1.82, 2.24) is 20.8 Å². The summed E-state index contributed by atoms with van der Waals surface area (Å²) < 4.78 is 13.8. The summed E-state index contributed by atoms with van der Waals surface area (Å²) in [5, 5.41) is 0.574. The van der Waals surface area contributed by atoms with Crippen molar-refractivity contribution in [2.75, 3.05) is 0 Å². The molecule has 0 radical (unpaired) electrons. The van der Waals surface area contributed by atoms with Gasteiger partial charge in [0.25, 0.3) is 11.8 Å².